The molecule has 2 aromatic carbocycles. The summed E-state index contributed by atoms with van der Waals surface area (Å²) in [5, 5.41) is 3.27. The maximum absolute atomic E-state index is 13.8. The molecule has 0 saturated carbocycles. The van der Waals surface area contributed by atoms with Crippen LogP contribution >= 0.6 is 0 Å². The number of ether oxygens (including phenoxy) is 1. The van der Waals surface area contributed by atoms with Crippen molar-refractivity contribution in [3.63, 3.8) is 0 Å². The lowest BCUT2D eigenvalue weighted by Gasteiger charge is -2.22. The molecule has 1 N–H and O–H groups in total. The summed E-state index contributed by atoms with van der Waals surface area (Å²) in [5.74, 6) is 1.97. The van der Waals surface area contributed by atoms with Crippen molar-refractivity contribution >= 4 is 5.96 Å². The summed E-state index contributed by atoms with van der Waals surface area (Å²) >= 11 is 0. The van der Waals surface area contributed by atoms with E-state index in [4.69, 9.17) is 4.74 Å². The van der Waals surface area contributed by atoms with Crippen molar-refractivity contribution in [3.8, 4) is 5.75 Å². The molecule has 1 aliphatic heterocycles. The molecule has 0 spiro atoms. The Kier molecular flexibility index (Phi) is 5.53. The number of nitrogens with one attached hydrogen (secondary N) is 1. The van der Waals surface area contributed by atoms with E-state index in [1.807, 2.05) is 18.2 Å². The fourth-order valence-electron chi connectivity index (χ4n) is 3.25. The lowest BCUT2D eigenvalue weighted by Crippen LogP contribution is -2.39. The molecular weight excluding hydrogens is 317 g/mol. The molecular formula is C20H24FN3O. The Morgan fingerprint density at radius 3 is 2.68 bits per heavy atom. The summed E-state index contributed by atoms with van der Waals surface area (Å²) in [5.41, 5.74) is 1.96. The van der Waals surface area contributed by atoms with E-state index in [1.54, 1.807) is 26.3 Å². The van der Waals surface area contributed by atoms with Crippen LogP contribution in [0.1, 0.15) is 23.5 Å². The van der Waals surface area contributed by atoms with Crippen LogP contribution in [0.15, 0.2) is 53.5 Å². The van der Waals surface area contributed by atoms with Crippen molar-refractivity contribution in [2.45, 2.75) is 18.9 Å². The zero-order chi connectivity index (χ0) is 17.6. The molecule has 1 aliphatic rings. The molecule has 0 radical (unpaired) electrons. The van der Waals surface area contributed by atoms with E-state index in [-0.39, 0.29) is 5.82 Å². The number of nitrogens with zero attached hydrogens (tertiary/aromatic N) is 2. The first kappa shape index (κ1) is 17.3. The third-order valence-electron chi connectivity index (χ3n) is 4.68. The number of rotatable bonds is 4. The molecule has 5 heteroatoms. The van der Waals surface area contributed by atoms with Gasteiger partial charge < -0.3 is 15.0 Å². The normalized spacial score (nSPS) is 17.6. The largest absolute Gasteiger partial charge is 0.497 e. The molecule has 132 valence electrons. The van der Waals surface area contributed by atoms with Gasteiger partial charge in [0.1, 0.15) is 11.6 Å². The standard InChI is InChI=1S/C20H24FN3O/c1-22-20(23-13-16-5-3-4-6-19(16)21)24-12-11-17(14-24)15-7-9-18(25-2)10-8-15/h3-10,17H,11-14H2,1-2H3,(H,22,23). The molecule has 4 nitrogen and oxygen atoms in total. The molecule has 1 unspecified atom stereocenters. The van der Waals surface area contributed by atoms with E-state index in [9.17, 15) is 4.39 Å². The third-order valence-corrected chi connectivity index (χ3v) is 4.68. The van der Waals surface area contributed by atoms with Crippen molar-refractivity contribution in [2.24, 2.45) is 4.99 Å². The minimum absolute atomic E-state index is 0.192. The zero-order valence-electron chi connectivity index (χ0n) is 14.7. The van der Waals surface area contributed by atoms with Crippen molar-refractivity contribution in [2.75, 3.05) is 27.2 Å². The summed E-state index contributed by atoms with van der Waals surface area (Å²) in [6, 6.07) is 15.1. The van der Waals surface area contributed by atoms with E-state index >= 15 is 0 Å². The first-order valence-corrected chi connectivity index (χ1v) is 8.54. The number of benzene rings is 2. The summed E-state index contributed by atoms with van der Waals surface area (Å²) in [6.45, 7) is 2.28. The molecule has 0 aromatic heterocycles. The second-order valence-electron chi connectivity index (χ2n) is 6.20. The number of aliphatic imine (C=N–C) groups is 1. The van der Waals surface area contributed by atoms with Gasteiger partial charge in [0.05, 0.1) is 7.11 Å². The predicted octanol–water partition coefficient (Wildman–Crippen LogP) is 3.40. The Balaban J connectivity index is 1.60. The molecule has 1 fully saturated rings. The Labute approximate surface area is 148 Å². The second-order valence-corrected chi connectivity index (χ2v) is 6.20. The minimum atomic E-state index is -0.192. The lowest BCUT2D eigenvalue weighted by atomic mass is 9.98. The number of hydrogen-bond acceptors (Lipinski definition) is 2. The number of halogens is 1. The highest BCUT2D eigenvalue weighted by Crippen LogP contribution is 2.28. The smallest absolute Gasteiger partial charge is 0.193 e. The Bertz CT molecular complexity index is 730. The predicted molar refractivity (Wildman–Crippen MR) is 98.5 cm³/mol. The van der Waals surface area contributed by atoms with Crippen LogP contribution in [-0.2, 0) is 6.54 Å². The number of methoxy groups -OCH3 is 1. The van der Waals surface area contributed by atoms with E-state index < -0.39 is 0 Å². The van der Waals surface area contributed by atoms with Gasteiger partial charge in [0, 0.05) is 38.2 Å². The quantitative estimate of drug-likeness (QED) is 0.684. The monoisotopic (exact) mass is 341 g/mol. The maximum atomic E-state index is 13.8. The zero-order valence-corrected chi connectivity index (χ0v) is 14.7. The van der Waals surface area contributed by atoms with Crippen molar-refractivity contribution in [1.29, 1.82) is 0 Å². The number of hydrogen-bond donors (Lipinski definition) is 1. The van der Waals surface area contributed by atoms with Gasteiger partial charge >= 0.3 is 0 Å². The van der Waals surface area contributed by atoms with Crippen molar-refractivity contribution < 1.29 is 9.13 Å². The Morgan fingerprint density at radius 1 is 1.24 bits per heavy atom. The minimum Gasteiger partial charge on any atom is -0.497 e. The van der Waals surface area contributed by atoms with E-state index in [2.05, 4.69) is 27.3 Å². The number of guanidine groups is 1. The molecule has 0 bridgehead atoms. The van der Waals surface area contributed by atoms with Gasteiger partial charge in [-0.3, -0.25) is 4.99 Å². The van der Waals surface area contributed by atoms with Crippen LogP contribution in [0.25, 0.3) is 0 Å². The average molecular weight is 341 g/mol. The average Bonchev–Trinajstić information content (AvgIpc) is 3.14. The first-order chi connectivity index (χ1) is 12.2. The Hall–Kier alpha value is -2.56. The summed E-state index contributed by atoms with van der Waals surface area (Å²) in [4.78, 5) is 6.59. The van der Waals surface area contributed by atoms with Gasteiger partial charge in [-0.1, -0.05) is 30.3 Å². The molecule has 2 aromatic rings. The van der Waals surface area contributed by atoms with Gasteiger partial charge in [-0.2, -0.15) is 0 Å². The highest BCUT2D eigenvalue weighted by molar-refractivity contribution is 5.80. The van der Waals surface area contributed by atoms with Crippen LogP contribution in [0, 0.1) is 5.82 Å². The highest BCUT2D eigenvalue weighted by atomic mass is 19.1. The van der Waals surface area contributed by atoms with Crippen molar-refractivity contribution in [1.82, 2.24) is 10.2 Å². The van der Waals surface area contributed by atoms with Crippen LogP contribution in [0.3, 0.4) is 0 Å². The van der Waals surface area contributed by atoms with Crippen LogP contribution in [0.5, 0.6) is 5.75 Å². The van der Waals surface area contributed by atoms with Crippen molar-refractivity contribution in [3.05, 3.63) is 65.5 Å². The summed E-state index contributed by atoms with van der Waals surface area (Å²) in [6.07, 6.45) is 1.08. The molecule has 0 amide bonds. The topological polar surface area (TPSA) is 36.9 Å². The second kappa shape index (κ2) is 8.01. The fraction of sp³-hybridized carbons (Fsp3) is 0.350. The van der Waals surface area contributed by atoms with E-state index in [0.29, 0.717) is 18.0 Å². The first-order valence-electron chi connectivity index (χ1n) is 8.54. The van der Waals surface area contributed by atoms with Crippen LogP contribution in [-0.4, -0.2) is 38.1 Å². The van der Waals surface area contributed by atoms with Gasteiger partial charge in [-0.15, -0.1) is 0 Å². The molecule has 25 heavy (non-hydrogen) atoms. The van der Waals surface area contributed by atoms with E-state index in [0.717, 1.165) is 31.2 Å². The SMILES string of the molecule is CN=C(NCc1ccccc1F)N1CCC(c2ccc(OC)cc2)C1. The van der Waals surface area contributed by atoms with E-state index in [1.165, 1.54) is 11.6 Å². The number of likely N-dealkylation sites (tertiary alicyclic amines) is 1. The van der Waals surface area contributed by atoms with Crippen LogP contribution in [0.2, 0.25) is 0 Å². The fourth-order valence-corrected chi connectivity index (χ4v) is 3.25. The molecule has 1 heterocycles. The summed E-state index contributed by atoms with van der Waals surface area (Å²) < 4.78 is 19.0. The van der Waals surface area contributed by atoms with Crippen LogP contribution in [0.4, 0.5) is 4.39 Å². The lowest BCUT2D eigenvalue weighted by molar-refractivity contribution is 0.414. The summed E-state index contributed by atoms with van der Waals surface area (Å²) in [7, 11) is 3.45. The molecule has 3 rings (SSSR count). The van der Waals surface area contributed by atoms with Gasteiger partial charge in [-0.25, -0.2) is 4.39 Å². The van der Waals surface area contributed by atoms with Gasteiger partial charge in [0.25, 0.3) is 0 Å². The molecule has 1 saturated heterocycles. The maximum Gasteiger partial charge on any atom is 0.193 e. The third kappa shape index (κ3) is 4.10. The molecule has 1 atom stereocenters. The molecule has 0 aliphatic carbocycles. The van der Waals surface area contributed by atoms with Crippen LogP contribution < -0.4 is 10.1 Å². The highest BCUT2D eigenvalue weighted by Gasteiger charge is 2.26. The van der Waals surface area contributed by atoms with Gasteiger partial charge in [0.15, 0.2) is 5.96 Å². The van der Waals surface area contributed by atoms with Gasteiger partial charge in [-0.05, 0) is 30.2 Å². The van der Waals surface area contributed by atoms with Gasteiger partial charge in [0.2, 0.25) is 0 Å². The Morgan fingerprint density at radius 2 is 2.00 bits per heavy atom.